The molecule has 0 fully saturated rings. The predicted molar refractivity (Wildman–Crippen MR) is 79.3 cm³/mol. The number of aliphatic hydroxyl groups is 2. The summed E-state index contributed by atoms with van der Waals surface area (Å²) in [6, 6.07) is 3.17. The van der Waals surface area contributed by atoms with Crippen molar-refractivity contribution < 1.29 is 20.1 Å². The third-order valence-corrected chi connectivity index (χ3v) is 3.73. The summed E-state index contributed by atoms with van der Waals surface area (Å²) in [5.41, 5.74) is -1.63. The van der Waals surface area contributed by atoms with Crippen molar-refractivity contribution in [2.24, 2.45) is 5.41 Å². The molecule has 0 saturated heterocycles. The Bertz CT molecular complexity index is 487. The SMILES string of the molecule is CC(C)(C)[C@@](O)(CN(CCO)C(=O)O)c1ccc(Cl)nc1. The molecule has 21 heavy (non-hydrogen) atoms. The fraction of sp³-hybridized carbons (Fsp3) is 0.571. The van der Waals surface area contributed by atoms with Gasteiger partial charge in [-0.2, -0.15) is 0 Å². The van der Waals surface area contributed by atoms with Gasteiger partial charge in [0.25, 0.3) is 0 Å². The number of hydrogen-bond donors (Lipinski definition) is 3. The molecule has 0 spiro atoms. The van der Waals surface area contributed by atoms with Gasteiger partial charge in [-0.25, -0.2) is 9.78 Å². The average Bonchev–Trinajstić information content (AvgIpc) is 2.37. The quantitative estimate of drug-likeness (QED) is 0.722. The molecule has 7 heteroatoms. The molecule has 1 aromatic rings. The summed E-state index contributed by atoms with van der Waals surface area (Å²) in [7, 11) is 0. The highest BCUT2D eigenvalue weighted by Crippen LogP contribution is 2.40. The molecule has 1 heterocycles. The number of carbonyl (C=O) groups is 1. The standard InChI is InChI=1S/C14H21ClN2O4/c1-13(2,3)14(21,9-17(6-7-18)12(19)20)10-4-5-11(15)16-8-10/h4-5,8,18,21H,6-7,9H2,1-3H3,(H,19,20)/t14-/m1/s1. The average molecular weight is 317 g/mol. The van der Waals surface area contributed by atoms with Crippen LogP contribution in [0.15, 0.2) is 18.3 Å². The van der Waals surface area contributed by atoms with Crippen molar-refractivity contribution in [3.8, 4) is 0 Å². The molecule has 0 aliphatic rings. The molecule has 0 aliphatic carbocycles. The lowest BCUT2D eigenvalue weighted by molar-refractivity contribution is -0.0840. The molecule has 0 aromatic carbocycles. The zero-order valence-corrected chi connectivity index (χ0v) is 13.1. The van der Waals surface area contributed by atoms with Gasteiger partial charge < -0.3 is 20.2 Å². The summed E-state index contributed by atoms with van der Waals surface area (Å²) in [4.78, 5) is 16.2. The molecule has 1 rings (SSSR count). The van der Waals surface area contributed by atoms with Crippen LogP contribution in [0.4, 0.5) is 4.79 Å². The monoisotopic (exact) mass is 316 g/mol. The van der Waals surface area contributed by atoms with Gasteiger partial charge in [0.1, 0.15) is 10.8 Å². The molecule has 1 atom stereocenters. The van der Waals surface area contributed by atoms with Gasteiger partial charge in [0.05, 0.1) is 13.2 Å². The number of rotatable bonds is 5. The van der Waals surface area contributed by atoms with Crippen molar-refractivity contribution in [1.82, 2.24) is 9.88 Å². The zero-order chi connectivity index (χ0) is 16.3. The van der Waals surface area contributed by atoms with E-state index in [1.807, 2.05) is 0 Å². The van der Waals surface area contributed by atoms with E-state index < -0.39 is 17.1 Å². The highest BCUT2D eigenvalue weighted by atomic mass is 35.5. The van der Waals surface area contributed by atoms with Crippen LogP contribution in [0.3, 0.4) is 0 Å². The van der Waals surface area contributed by atoms with Gasteiger partial charge in [-0.15, -0.1) is 0 Å². The van der Waals surface area contributed by atoms with Gasteiger partial charge >= 0.3 is 6.09 Å². The molecular formula is C14H21ClN2O4. The summed E-state index contributed by atoms with van der Waals surface area (Å²) in [6.45, 7) is 4.86. The van der Waals surface area contributed by atoms with Crippen molar-refractivity contribution in [2.75, 3.05) is 19.7 Å². The predicted octanol–water partition coefficient (Wildman–Crippen LogP) is 1.94. The lowest BCUT2D eigenvalue weighted by Gasteiger charge is -2.43. The Labute approximate surface area is 129 Å². The molecule has 0 unspecified atom stereocenters. The number of halogens is 1. The van der Waals surface area contributed by atoms with E-state index in [9.17, 15) is 15.0 Å². The fourth-order valence-electron chi connectivity index (χ4n) is 2.02. The molecule has 0 saturated carbocycles. The Hall–Kier alpha value is -1.37. The maximum atomic E-state index is 11.2. The summed E-state index contributed by atoms with van der Waals surface area (Å²) < 4.78 is 0. The minimum atomic E-state index is -1.46. The number of pyridine rings is 1. The molecule has 6 nitrogen and oxygen atoms in total. The smallest absolute Gasteiger partial charge is 0.407 e. The Morgan fingerprint density at radius 2 is 2.00 bits per heavy atom. The molecular weight excluding hydrogens is 296 g/mol. The van der Waals surface area contributed by atoms with Crippen LogP contribution in [0, 0.1) is 5.41 Å². The Kier molecular flexibility index (Phi) is 5.55. The molecule has 0 aliphatic heterocycles. The van der Waals surface area contributed by atoms with E-state index in [4.69, 9.17) is 16.7 Å². The van der Waals surface area contributed by atoms with E-state index in [0.29, 0.717) is 10.7 Å². The van der Waals surface area contributed by atoms with Gasteiger partial charge in [0.15, 0.2) is 0 Å². The van der Waals surface area contributed by atoms with Crippen molar-refractivity contribution >= 4 is 17.7 Å². The van der Waals surface area contributed by atoms with Crippen LogP contribution in [-0.2, 0) is 5.60 Å². The van der Waals surface area contributed by atoms with E-state index >= 15 is 0 Å². The number of nitrogens with zero attached hydrogens (tertiary/aromatic N) is 2. The van der Waals surface area contributed by atoms with E-state index in [1.54, 1.807) is 32.9 Å². The van der Waals surface area contributed by atoms with Gasteiger partial charge in [-0.3, -0.25) is 0 Å². The summed E-state index contributed by atoms with van der Waals surface area (Å²) in [6.07, 6.45) is 0.237. The third-order valence-electron chi connectivity index (χ3n) is 3.51. The number of aliphatic hydroxyl groups excluding tert-OH is 1. The Balaban J connectivity index is 3.21. The molecule has 118 valence electrons. The maximum Gasteiger partial charge on any atom is 0.407 e. The largest absolute Gasteiger partial charge is 0.465 e. The second-order valence-electron chi connectivity index (χ2n) is 5.91. The summed E-state index contributed by atoms with van der Waals surface area (Å²) >= 11 is 5.75. The Morgan fingerprint density at radius 1 is 1.38 bits per heavy atom. The number of hydrogen-bond acceptors (Lipinski definition) is 4. The zero-order valence-electron chi connectivity index (χ0n) is 12.4. The summed E-state index contributed by atoms with van der Waals surface area (Å²) in [5.74, 6) is 0. The number of amides is 1. The lowest BCUT2D eigenvalue weighted by Crippen LogP contribution is -2.51. The van der Waals surface area contributed by atoms with Crippen LogP contribution in [0.5, 0.6) is 0 Å². The van der Waals surface area contributed by atoms with Crippen molar-refractivity contribution in [3.05, 3.63) is 29.0 Å². The van der Waals surface area contributed by atoms with E-state index in [-0.39, 0.29) is 19.7 Å². The van der Waals surface area contributed by atoms with Crippen LogP contribution in [0.25, 0.3) is 0 Å². The van der Waals surface area contributed by atoms with Crippen LogP contribution in [0.2, 0.25) is 5.15 Å². The molecule has 1 amide bonds. The highest BCUT2D eigenvalue weighted by Gasteiger charge is 2.44. The Morgan fingerprint density at radius 3 is 2.38 bits per heavy atom. The molecule has 3 N–H and O–H groups in total. The maximum absolute atomic E-state index is 11.2. The van der Waals surface area contributed by atoms with Crippen molar-refractivity contribution in [1.29, 1.82) is 0 Å². The minimum Gasteiger partial charge on any atom is -0.465 e. The lowest BCUT2D eigenvalue weighted by atomic mass is 9.72. The first kappa shape index (κ1) is 17.7. The highest BCUT2D eigenvalue weighted by molar-refractivity contribution is 6.29. The van der Waals surface area contributed by atoms with E-state index in [0.717, 1.165) is 4.90 Å². The fourth-order valence-corrected chi connectivity index (χ4v) is 2.13. The van der Waals surface area contributed by atoms with Gasteiger partial charge in [-0.1, -0.05) is 38.4 Å². The third kappa shape index (κ3) is 4.06. The first-order valence-corrected chi connectivity index (χ1v) is 6.93. The molecule has 0 bridgehead atoms. The minimum absolute atomic E-state index is 0.0747. The van der Waals surface area contributed by atoms with Crippen LogP contribution in [0.1, 0.15) is 26.3 Å². The van der Waals surface area contributed by atoms with Crippen molar-refractivity contribution in [2.45, 2.75) is 26.4 Å². The van der Waals surface area contributed by atoms with Gasteiger partial charge in [0.2, 0.25) is 0 Å². The number of aromatic nitrogens is 1. The van der Waals surface area contributed by atoms with Crippen LogP contribution < -0.4 is 0 Å². The number of carboxylic acid groups (broad SMARTS) is 1. The van der Waals surface area contributed by atoms with Crippen molar-refractivity contribution in [3.63, 3.8) is 0 Å². The topological polar surface area (TPSA) is 93.9 Å². The van der Waals surface area contributed by atoms with E-state index in [1.165, 1.54) is 6.20 Å². The first-order chi connectivity index (χ1) is 9.61. The molecule has 1 aromatic heterocycles. The van der Waals surface area contributed by atoms with Gasteiger partial charge in [-0.05, 0) is 11.5 Å². The second kappa shape index (κ2) is 6.60. The second-order valence-corrected chi connectivity index (χ2v) is 6.29. The van der Waals surface area contributed by atoms with Gasteiger partial charge in [0, 0.05) is 18.3 Å². The van der Waals surface area contributed by atoms with Crippen LogP contribution >= 0.6 is 11.6 Å². The molecule has 0 radical (unpaired) electrons. The normalized spacial score (nSPS) is 14.6. The van der Waals surface area contributed by atoms with E-state index in [2.05, 4.69) is 4.98 Å². The van der Waals surface area contributed by atoms with Crippen LogP contribution in [-0.4, -0.2) is 51.0 Å². The summed E-state index contributed by atoms with van der Waals surface area (Å²) in [5, 5.41) is 29.5. The first-order valence-electron chi connectivity index (χ1n) is 6.55.